The van der Waals surface area contributed by atoms with E-state index in [4.69, 9.17) is 16.3 Å². The topological polar surface area (TPSA) is 58.6 Å². The van der Waals surface area contributed by atoms with Crippen LogP contribution in [0.4, 0.5) is 5.69 Å². The van der Waals surface area contributed by atoms with Crippen molar-refractivity contribution in [3.05, 3.63) is 23.2 Å². The Kier molecular flexibility index (Phi) is 4.42. The number of nitrogens with one attached hydrogen (secondary N) is 1. The van der Waals surface area contributed by atoms with Gasteiger partial charge in [-0.1, -0.05) is 25.4 Å². The first-order valence-corrected chi connectivity index (χ1v) is 7.21. The molecule has 2 atom stereocenters. The molecular formula is C15H19ClN2O3. The average molecular weight is 311 g/mol. The molecule has 21 heavy (non-hydrogen) atoms. The van der Waals surface area contributed by atoms with Crippen LogP contribution < -0.4 is 15.0 Å². The number of piperazine rings is 1. The van der Waals surface area contributed by atoms with Gasteiger partial charge in [-0.25, -0.2) is 0 Å². The summed E-state index contributed by atoms with van der Waals surface area (Å²) in [7, 11) is 1.54. The normalized spacial score (nSPS) is 22.5. The highest BCUT2D eigenvalue weighted by atomic mass is 35.5. The molecule has 114 valence electrons. The molecule has 1 N–H and O–H groups in total. The number of amides is 2. The number of benzene rings is 1. The number of nitrogens with zero attached hydrogens (tertiary/aromatic N) is 1. The van der Waals surface area contributed by atoms with Crippen molar-refractivity contribution in [3.63, 3.8) is 0 Å². The third-order valence-electron chi connectivity index (χ3n) is 3.65. The van der Waals surface area contributed by atoms with Gasteiger partial charge in [0.1, 0.15) is 17.8 Å². The standard InChI is InChI=1S/C15H19ClN2O3/c1-8(2)13-15(20)18(9(3)14(19)17-13)12-7-10(21-4)5-6-11(12)16/h5-9,13H,1-4H3,(H,17,19). The minimum Gasteiger partial charge on any atom is -0.497 e. The van der Waals surface area contributed by atoms with Gasteiger partial charge in [-0.3, -0.25) is 14.5 Å². The molecule has 5 nitrogen and oxygen atoms in total. The van der Waals surface area contributed by atoms with Crippen LogP contribution in [-0.4, -0.2) is 31.0 Å². The van der Waals surface area contributed by atoms with E-state index in [9.17, 15) is 9.59 Å². The number of ether oxygens (including phenoxy) is 1. The van der Waals surface area contributed by atoms with E-state index in [2.05, 4.69) is 5.32 Å². The fourth-order valence-electron chi connectivity index (χ4n) is 2.38. The fourth-order valence-corrected chi connectivity index (χ4v) is 2.59. The van der Waals surface area contributed by atoms with Crippen LogP contribution in [-0.2, 0) is 9.59 Å². The van der Waals surface area contributed by atoms with Crippen molar-refractivity contribution in [3.8, 4) is 5.75 Å². The molecule has 1 aromatic rings. The SMILES string of the molecule is COc1ccc(Cl)c(N2C(=O)C(C(C)C)NC(=O)C2C)c1. The van der Waals surface area contributed by atoms with Crippen molar-refractivity contribution < 1.29 is 14.3 Å². The van der Waals surface area contributed by atoms with Gasteiger partial charge in [-0.2, -0.15) is 0 Å². The van der Waals surface area contributed by atoms with E-state index in [-0.39, 0.29) is 17.7 Å². The molecule has 0 spiro atoms. The van der Waals surface area contributed by atoms with Gasteiger partial charge in [0.2, 0.25) is 5.91 Å². The molecule has 6 heteroatoms. The quantitative estimate of drug-likeness (QED) is 0.931. The Bertz CT molecular complexity index is 574. The average Bonchev–Trinajstić information content (AvgIpc) is 2.44. The third-order valence-corrected chi connectivity index (χ3v) is 3.97. The minimum absolute atomic E-state index is 0.000772. The van der Waals surface area contributed by atoms with Crippen LogP contribution in [0, 0.1) is 5.92 Å². The predicted octanol–water partition coefficient (Wildman–Crippen LogP) is 2.22. The van der Waals surface area contributed by atoms with Crippen molar-refractivity contribution in [1.82, 2.24) is 5.32 Å². The highest BCUT2D eigenvalue weighted by Gasteiger charge is 2.41. The highest BCUT2D eigenvalue weighted by Crippen LogP contribution is 2.33. The molecule has 1 heterocycles. The maximum absolute atomic E-state index is 12.7. The molecule has 2 rings (SSSR count). The number of carbonyl (C=O) groups is 2. The van der Waals surface area contributed by atoms with Gasteiger partial charge in [0.25, 0.3) is 5.91 Å². The summed E-state index contributed by atoms with van der Waals surface area (Å²) in [5.41, 5.74) is 0.494. The van der Waals surface area contributed by atoms with Crippen LogP contribution in [0.2, 0.25) is 5.02 Å². The molecule has 2 amide bonds. The van der Waals surface area contributed by atoms with E-state index in [1.807, 2.05) is 13.8 Å². The molecule has 1 aliphatic rings. The Morgan fingerprint density at radius 3 is 2.57 bits per heavy atom. The first-order valence-electron chi connectivity index (χ1n) is 6.83. The van der Waals surface area contributed by atoms with Crippen LogP contribution >= 0.6 is 11.6 Å². The Hall–Kier alpha value is -1.75. The van der Waals surface area contributed by atoms with Crippen molar-refractivity contribution in [2.45, 2.75) is 32.9 Å². The van der Waals surface area contributed by atoms with Gasteiger partial charge in [-0.15, -0.1) is 0 Å². The maximum atomic E-state index is 12.7. The Labute approximate surface area is 129 Å². The number of halogens is 1. The number of rotatable bonds is 3. The minimum atomic E-state index is -0.614. The largest absolute Gasteiger partial charge is 0.497 e. The molecule has 1 saturated heterocycles. The molecular weight excluding hydrogens is 292 g/mol. The van der Waals surface area contributed by atoms with Crippen LogP contribution in [0.1, 0.15) is 20.8 Å². The summed E-state index contributed by atoms with van der Waals surface area (Å²) in [5, 5.41) is 3.17. The van der Waals surface area contributed by atoms with Crippen LogP contribution in [0.15, 0.2) is 18.2 Å². The molecule has 0 radical (unpaired) electrons. The van der Waals surface area contributed by atoms with Gasteiger partial charge < -0.3 is 10.1 Å². The number of hydrogen-bond donors (Lipinski definition) is 1. The first-order chi connectivity index (χ1) is 9.86. The zero-order valence-corrected chi connectivity index (χ0v) is 13.3. The molecule has 1 aliphatic heterocycles. The fraction of sp³-hybridized carbons (Fsp3) is 0.467. The van der Waals surface area contributed by atoms with Crippen molar-refractivity contribution >= 4 is 29.1 Å². The number of carbonyl (C=O) groups excluding carboxylic acids is 2. The lowest BCUT2D eigenvalue weighted by molar-refractivity contribution is -0.134. The number of hydrogen-bond acceptors (Lipinski definition) is 3. The molecule has 2 unspecified atom stereocenters. The molecule has 0 aliphatic carbocycles. The van der Waals surface area contributed by atoms with Gasteiger partial charge in [0, 0.05) is 6.07 Å². The summed E-state index contributed by atoms with van der Waals surface area (Å²) in [6.07, 6.45) is 0. The number of anilines is 1. The molecule has 0 aromatic heterocycles. The summed E-state index contributed by atoms with van der Waals surface area (Å²) in [6, 6.07) is 3.89. The Morgan fingerprint density at radius 1 is 1.33 bits per heavy atom. The molecule has 0 saturated carbocycles. The molecule has 0 bridgehead atoms. The van der Waals surface area contributed by atoms with E-state index in [0.717, 1.165) is 0 Å². The van der Waals surface area contributed by atoms with Gasteiger partial charge >= 0.3 is 0 Å². The van der Waals surface area contributed by atoms with E-state index < -0.39 is 12.1 Å². The van der Waals surface area contributed by atoms with Crippen LogP contribution in [0.25, 0.3) is 0 Å². The third kappa shape index (κ3) is 2.83. The van der Waals surface area contributed by atoms with Crippen LogP contribution in [0.3, 0.4) is 0 Å². The first kappa shape index (κ1) is 15.6. The summed E-state index contributed by atoms with van der Waals surface area (Å²) < 4.78 is 5.18. The molecule has 1 aromatic carbocycles. The van der Waals surface area contributed by atoms with Gasteiger partial charge in [-0.05, 0) is 25.0 Å². The van der Waals surface area contributed by atoms with Gasteiger partial charge in [0.15, 0.2) is 0 Å². The van der Waals surface area contributed by atoms with E-state index in [1.54, 1.807) is 25.1 Å². The Morgan fingerprint density at radius 2 is 2.00 bits per heavy atom. The van der Waals surface area contributed by atoms with Gasteiger partial charge in [0.05, 0.1) is 17.8 Å². The second kappa shape index (κ2) is 5.93. The predicted molar refractivity (Wildman–Crippen MR) is 81.7 cm³/mol. The van der Waals surface area contributed by atoms with E-state index in [0.29, 0.717) is 16.5 Å². The van der Waals surface area contributed by atoms with Crippen LogP contribution in [0.5, 0.6) is 5.75 Å². The zero-order chi connectivity index (χ0) is 15.7. The Balaban J connectivity index is 2.48. The molecule has 1 fully saturated rings. The summed E-state index contributed by atoms with van der Waals surface area (Å²) in [4.78, 5) is 26.3. The lowest BCUT2D eigenvalue weighted by Gasteiger charge is -2.39. The monoisotopic (exact) mass is 310 g/mol. The van der Waals surface area contributed by atoms with Crippen molar-refractivity contribution in [2.24, 2.45) is 5.92 Å². The summed E-state index contributed by atoms with van der Waals surface area (Å²) in [6.45, 7) is 5.47. The lowest BCUT2D eigenvalue weighted by Crippen LogP contribution is -2.64. The number of methoxy groups -OCH3 is 1. The second-order valence-electron chi connectivity index (χ2n) is 5.43. The smallest absolute Gasteiger partial charge is 0.250 e. The summed E-state index contributed by atoms with van der Waals surface area (Å²) in [5.74, 6) is 0.238. The lowest BCUT2D eigenvalue weighted by atomic mass is 9.97. The van der Waals surface area contributed by atoms with E-state index in [1.165, 1.54) is 12.0 Å². The summed E-state index contributed by atoms with van der Waals surface area (Å²) >= 11 is 6.21. The van der Waals surface area contributed by atoms with E-state index >= 15 is 0 Å². The van der Waals surface area contributed by atoms with Crippen molar-refractivity contribution in [2.75, 3.05) is 12.0 Å². The maximum Gasteiger partial charge on any atom is 0.250 e. The highest BCUT2D eigenvalue weighted by molar-refractivity contribution is 6.34. The zero-order valence-electron chi connectivity index (χ0n) is 12.5. The van der Waals surface area contributed by atoms with Crippen molar-refractivity contribution in [1.29, 1.82) is 0 Å². The second-order valence-corrected chi connectivity index (χ2v) is 5.84.